The van der Waals surface area contributed by atoms with E-state index in [1.54, 1.807) is 24.3 Å². The second-order valence-corrected chi connectivity index (χ2v) is 6.74. The van der Waals surface area contributed by atoms with Crippen molar-refractivity contribution in [2.45, 2.75) is 4.90 Å². The summed E-state index contributed by atoms with van der Waals surface area (Å²) in [6.07, 6.45) is 1.29. The van der Waals surface area contributed by atoms with Crippen molar-refractivity contribution >= 4 is 33.5 Å². The number of hydrogen-bond acceptors (Lipinski definition) is 7. The van der Waals surface area contributed by atoms with Crippen LogP contribution >= 0.6 is 11.3 Å². The van der Waals surface area contributed by atoms with E-state index in [0.717, 1.165) is 11.3 Å². The summed E-state index contributed by atoms with van der Waals surface area (Å²) in [5, 5.41) is 13.8. The molecule has 0 saturated carbocycles. The number of hydrogen-bond donors (Lipinski definition) is 1. The van der Waals surface area contributed by atoms with Gasteiger partial charge in [0, 0.05) is 0 Å². The van der Waals surface area contributed by atoms with Crippen LogP contribution in [0.25, 0.3) is 0 Å². The van der Waals surface area contributed by atoms with Crippen LogP contribution in [-0.2, 0) is 14.8 Å². The summed E-state index contributed by atoms with van der Waals surface area (Å²) in [4.78, 5) is 13.4. The minimum absolute atomic E-state index is 0.0198. The summed E-state index contributed by atoms with van der Waals surface area (Å²) in [7, 11) is -2.80. The van der Waals surface area contributed by atoms with Gasteiger partial charge >= 0.3 is 5.97 Å². The molecule has 1 N–H and O–H groups in total. The third-order valence-electron chi connectivity index (χ3n) is 2.72. The summed E-state index contributed by atoms with van der Waals surface area (Å²) >= 11 is 0.967. The molecular weight excluding hydrogens is 338 g/mol. The van der Waals surface area contributed by atoms with E-state index in [-0.39, 0.29) is 9.77 Å². The van der Waals surface area contributed by atoms with Crippen LogP contribution < -0.4 is 4.83 Å². The van der Waals surface area contributed by atoms with E-state index in [4.69, 9.17) is 5.26 Å². The highest BCUT2D eigenvalue weighted by Crippen LogP contribution is 2.22. The van der Waals surface area contributed by atoms with Crippen molar-refractivity contribution < 1.29 is 17.9 Å². The molecule has 0 spiro atoms. The van der Waals surface area contributed by atoms with Crippen LogP contribution in [0.3, 0.4) is 0 Å². The van der Waals surface area contributed by atoms with E-state index in [0.29, 0.717) is 11.1 Å². The van der Waals surface area contributed by atoms with Crippen LogP contribution in [0.2, 0.25) is 0 Å². The Morgan fingerprint density at radius 1 is 1.35 bits per heavy atom. The molecule has 1 heterocycles. The number of nitrogens with one attached hydrogen (secondary N) is 1. The number of nitriles is 1. The Hall–Kier alpha value is -2.70. The summed E-state index contributed by atoms with van der Waals surface area (Å²) in [5.74, 6) is -0.726. The highest BCUT2D eigenvalue weighted by Gasteiger charge is 2.24. The predicted molar refractivity (Wildman–Crippen MR) is 84.7 cm³/mol. The second kappa shape index (κ2) is 7.04. The van der Waals surface area contributed by atoms with E-state index in [9.17, 15) is 13.2 Å². The fourth-order valence-corrected chi connectivity index (χ4v) is 3.74. The first-order chi connectivity index (χ1) is 11.0. The van der Waals surface area contributed by atoms with E-state index in [1.165, 1.54) is 24.8 Å². The predicted octanol–water partition coefficient (Wildman–Crippen LogP) is 1.72. The van der Waals surface area contributed by atoms with Gasteiger partial charge in [0.25, 0.3) is 10.0 Å². The van der Waals surface area contributed by atoms with Gasteiger partial charge in [0.05, 0.1) is 25.0 Å². The number of hydrazone groups is 1. The first-order valence-electron chi connectivity index (χ1n) is 6.19. The van der Waals surface area contributed by atoms with E-state index in [2.05, 4.69) is 9.84 Å². The normalized spacial score (nSPS) is 11.1. The van der Waals surface area contributed by atoms with Crippen LogP contribution in [0.15, 0.2) is 45.7 Å². The van der Waals surface area contributed by atoms with Crippen LogP contribution in [0.1, 0.15) is 20.8 Å². The number of methoxy groups -OCH3 is 1. The zero-order valence-electron chi connectivity index (χ0n) is 11.9. The van der Waals surface area contributed by atoms with Crippen molar-refractivity contribution in [3.05, 3.63) is 51.7 Å². The van der Waals surface area contributed by atoms with Gasteiger partial charge in [0.1, 0.15) is 9.77 Å². The van der Waals surface area contributed by atoms with Crippen LogP contribution in [0.5, 0.6) is 0 Å². The molecule has 0 atom stereocenters. The van der Waals surface area contributed by atoms with Gasteiger partial charge in [-0.05, 0) is 29.1 Å². The van der Waals surface area contributed by atoms with Crippen LogP contribution in [-0.4, -0.2) is 27.7 Å². The summed E-state index contributed by atoms with van der Waals surface area (Å²) in [6.45, 7) is 0. The lowest BCUT2D eigenvalue weighted by Crippen LogP contribution is -2.20. The molecule has 7 nitrogen and oxygen atoms in total. The first kappa shape index (κ1) is 16.7. The van der Waals surface area contributed by atoms with Gasteiger partial charge in [-0.25, -0.2) is 9.63 Å². The molecule has 0 aliphatic heterocycles. The van der Waals surface area contributed by atoms with E-state index >= 15 is 0 Å². The lowest BCUT2D eigenvalue weighted by Gasteiger charge is -2.03. The molecule has 23 heavy (non-hydrogen) atoms. The third kappa shape index (κ3) is 3.94. The second-order valence-electron chi connectivity index (χ2n) is 4.19. The van der Waals surface area contributed by atoms with Crippen molar-refractivity contribution in [1.29, 1.82) is 5.26 Å². The SMILES string of the molecule is COC(=O)c1sccc1S(=O)(=O)N/N=C/c1ccc(C#N)cc1. The highest BCUT2D eigenvalue weighted by molar-refractivity contribution is 7.89. The molecule has 0 fully saturated rings. The maximum Gasteiger partial charge on any atom is 0.349 e. The Morgan fingerprint density at radius 2 is 2.04 bits per heavy atom. The fourth-order valence-electron chi connectivity index (χ4n) is 1.61. The molecule has 1 aromatic carbocycles. The molecule has 0 saturated heterocycles. The molecule has 2 aromatic rings. The van der Waals surface area contributed by atoms with Gasteiger partial charge < -0.3 is 4.74 Å². The number of thiophene rings is 1. The fraction of sp³-hybridized carbons (Fsp3) is 0.0714. The number of benzene rings is 1. The number of carbonyl (C=O) groups is 1. The Labute approximate surface area is 136 Å². The maximum absolute atomic E-state index is 12.2. The van der Waals surface area contributed by atoms with Gasteiger partial charge in [-0.3, -0.25) is 0 Å². The highest BCUT2D eigenvalue weighted by atomic mass is 32.2. The number of ether oxygens (including phenoxy) is 1. The smallest absolute Gasteiger partial charge is 0.349 e. The number of esters is 1. The Balaban J connectivity index is 2.15. The Morgan fingerprint density at radius 3 is 2.65 bits per heavy atom. The van der Waals surface area contributed by atoms with Crippen molar-refractivity contribution in [2.75, 3.05) is 7.11 Å². The molecule has 0 bridgehead atoms. The van der Waals surface area contributed by atoms with Crippen molar-refractivity contribution in [3.8, 4) is 6.07 Å². The van der Waals surface area contributed by atoms with Gasteiger partial charge in [-0.15, -0.1) is 11.3 Å². The third-order valence-corrected chi connectivity index (χ3v) is 5.00. The zero-order chi connectivity index (χ0) is 16.9. The van der Waals surface area contributed by atoms with Gasteiger partial charge in [0.15, 0.2) is 0 Å². The van der Waals surface area contributed by atoms with Crippen LogP contribution in [0.4, 0.5) is 0 Å². The van der Waals surface area contributed by atoms with Gasteiger partial charge in [-0.2, -0.15) is 18.8 Å². The molecule has 1 aromatic heterocycles. The average molecular weight is 349 g/mol. The van der Waals surface area contributed by atoms with Crippen molar-refractivity contribution in [2.24, 2.45) is 5.10 Å². The molecule has 0 amide bonds. The minimum Gasteiger partial charge on any atom is -0.465 e. The Kier molecular flexibility index (Phi) is 5.10. The number of sulfonamides is 1. The molecule has 2 rings (SSSR count). The molecule has 9 heteroatoms. The largest absolute Gasteiger partial charge is 0.465 e. The zero-order valence-corrected chi connectivity index (χ0v) is 13.5. The topological polar surface area (TPSA) is 109 Å². The van der Waals surface area contributed by atoms with E-state index < -0.39 is 16.0 Å². The summed E-state index contributed by atoms with van der Waals surface area (Å²) in [6, 6.07) is 9.71. The summed E-state index contributed by atoms with van der Waals surface area (Å²) in [5.41, 5.74) is 1.11. The Bertz CT molecular complexity index is 877. The monoisotopic (exact) mass is 349 g/mol. The number of carbonyl (C=O) groups excluding carboxylic acids is 1. The van der Waals surface area contributed by atoms with Crippen LogP contribution in [0, 0.1) is 11.3 Å². The quantitative estimate of drug-likeness (QED) is 0.502. The lowest BCUT2D eigenvalue weighted by molar-refractivity contribution is 0.0602. The minimum atomic E-state index is -3.98. The first-order valence-corrected chi connectivity index (χ1v) is 8.55. The van der Waals surface area contributed by atoms with Gasteiger partial charge in [0.2, 0.25) is 0 Å². The molecule has 118 valence electrons. The van der Waals surface area contributed by atoms with E-state index in [1.807, 2.05) is 10.9 Å². The van der Waals surface area contributed by atoms with Crippen molar-refractivity contribution in [1.82, 2.24) is 4.83 Å². The average Bonchev–Trinajstić information content (AvgIpc) is 3.05. The molecule has 0 aliphatic carbocycles. The summed E-state index contributed by atoms with van der Waals surface area (Å²) < 4.78 is 28.9. The maximum atomic E-state index is 12.2. The molecule has 0 unspecified atom stereocenters. The number of rotatable bonds is 5. The van der Waals surface area contributed by atoms with Crippen molar-refractivity contribution in [3.63, 3.8) is 0 Å². The standard InChI is InChI=1S/C14H11N3O4S2/c1-21-14(18)13-12(6-7-22-13)23(19,20)17-16-9-11-4-2-10(8-15)3-5-11/h2-7,9,17H,1H3/b16-9+. The number of nitrogens with zero attached hydrogens (tertiary/aromatic N) is 2. The molecular formula is C14H11N3O4S2. The molecule has 0 aliphatic rings. The van der Waals surface area contributed by atoms with Gasteiger partial charge in [-0.1, -0.05) is 12.1 Å². The lowest BCUT2D eigenvalue weighted by atomic mass is 10.2. The molecule has 0 radical (unpaired) electrons.